The zero-order chi connectivity index (χ0) is 14.7. The first-order chi connectivity index (χ1) is 10.3. The van der Waals surface area contributed by atoms with E-state index in [-0.39, 0.29) is 6.04 Å². The van der Waals surface area contributed by atoms with Gasteiger partial charge >= 0.3 is 0 Å². The minimum absolute atomic E-state index is 0.198. The lowest BCUT2D eigenvalue weighted by molar-refractivity contribution is 0.435. The van der Waals surface area contributed by atoms with E-state index in [1.54, 1.807) is 0 Å². The van der Waals surface area contributed by atoms with Crippen molar-refractivity contribution in [1.29, 1.82) is 0 Å². The van der Waals surface area contributed by atoms with Gasteiger partial charge in [0.05, 0.1) is 6.04 Å². The first-order valence-electron chi connectivity index (χ1n) is 7.22. The Balaban J connectivity index is 1.87. The molecule has 21 heavy (non-hydrogen) atoms. The summed E-state index contributed by atoms with van der Waals surface area (Å²) in [5.41, 5.74) is 2.25. The summed E-state index contributed by atoms with van der Waals surface area (Å²) in [7, 11) is 0. The topological polar surface area (TPSA) is 25.2 Å². The summed E-state index contributed by atoms with van der Waals surface area (Å²) in [5.74, 6) is 1.00. The number of hydrogen-bond acceptors (Lipinski definition) is 2. The predicted molar refractivity (Wildman–Crippen MR) is 90.5 cm³/mol. The fraction of sp³-hybridized carbons (Fsp3) is 0.222. The van der Waals surface area contributed by atoms with Crippen molar-refractivity contribution in [3.8, 4) is 0 Å². The van der Waals surface area contributed by atoms with Gasteiger partial charge in [-0.05, 0) is 42.8 Å². The van der Waals surface area contributed by atoms with Gasteiger partial charge in [-0.2, -0.15) is 0 Å². The third-order valence-electron chi connectivity index (χ3n) is 3.59. The summed E-state index contributed by atoms with van der Waals surface area (Å²) in [4.78, 5) is 0. The van der Waals surface area contributed by atoms with Crippen molar-refractivity contribution in [1.82, 2.24) is 5.32 Å². The molecule has 1 atom stereocenters. The second-order valence-corrected chi connectivity index (χ2v) is 6.04. The summed E-state index contributed by atoms with van der Waals surface area (Å²) >= 11 is 3.48. The van der Waals surface area contributed by atoms with Crippen molar-refractivity contribution >= 4 is 26.9 Å². The normalized spacial score (nSPS) is 12.7. The second kappa shape index (κ2) is 6.46. The molecule has 3 heteroatoms. The Morgan fingerprint density at radius 3 is 2.57 bits per heavy atom. The predicted octanol–water partition coefficient (Wildman–Crippen LogP) is 5.09. The lowest BCUT2D eigenvalue weighted by Crippen LogP contribution is -2.22. The maximum absolute atomic E-state index is 6.01. The number of halogens is 1. The van der Waals surface area contributed by atoms with Crippen LogP contribution in [0.25, 0.3) is 11.0 Å². The summed E-state index contributed by atoms with van der Waals surface area (Å²) in [6.45, 7) is 3.04. The van der Waals surface area contributed by atoms with E-state index in [0.29, 0.717) is 0 Å². The van der Waals surface area contributed by atoms with Crippen LogP contribution in [0.2, 0.25) is 0 Å². The highest BCUT2D eigenvalue weighted by Gasteiger charge is 2.16. The van der Waals surface area contributed by atoms with Crippen LogP contribution in [-0.2, 0) is 6.42 Å². The summed E-state index contributed by atoms with van der Waals surface area (Å²) in [5, 5.41) is 4.68. The lowest BCUT2D eigenvalue weighted by atomic mass is 10.0. The van der Waals surface area contributed by atoms with E-state index in [1.807, 2.05) is 18.2 Å². The molecule has 108 valence electrons. The number of likely N-dealkylation sites (N-methyl/N-ethyl adjacent to an activating group) is 1. The van der Waals surface area contributed by atoms with Gasteiger partial charge in [0, 0.05) is 9.86 Å². The van der Waals surface area contributed by atoms with Gasteiger partial charge in [0.1, 0.15) is 11.3 Å². The molecule has 1 heterocycles. The maximum Gasteiger partial charge on any atom is 0.134 e. The molecule has 1 aromatic heterocycles. The van der Waals surface area contributed by atoms with Crippen LogP contribution in [0.1, 0.15) is 24.3 Å². The Kier molecular flexibility index (Phi) is 4.42. The molecule has 2 aromatic carbocycles. The van der Waals surface area contributed by atoms with Gasteiger partial charge in [-0.15, -0.1) is 0 Å². The number of nitrogens with one attached hydrogen (secondary N) is 1. The number of fused-ring (bicyclic) bond motifs is 1. The Labute approximate surface area is 133 Å². The van der Waals surface area contributed by atoms with Gasteiger partial charge in [0.2, 0.25) is 0 Å². The number of benzene rings is 2. The third-order valence-corrected chi connectivity index (χ3v) is 4.12. The van der Waals surface area contributed by atoms with Crippen molar-refractivity contribution in [3.05, 3.63) is 70.4 Å². The minimum atomic E-state index is 0.198. The molecule has 1 unspecified atom stereocenters. The highest BCUT2D eigenvalue weighted by molar-refractivity contribution is 9.10. The molecule has 3 aromatic rings. The molecule has 0 aliphatic rings. The molecule has 2 nitrogen and oxygen atoms in total. The van der Waals surface area contributed by atoms with Gasteiger partial charge in [-0.3, -0.25) is 0 Å². The first-order valence-corrected chi connectivity index (χ1v) is 8.02. The van der Waals surface area contributed by atoms with E-state index in [1.165, 1.54) is 5.56 Å². The number of rotatable bonds is 5. The van der Waals surface area contributed by atoms with E-state index in [4.69, 9.17) is 4.42 Å². The second-order valence-electron chi connectivity index (χ2n) is 5.13. The van der Waals surface area contributed by atoms with Crippen LogP contribution in [0.15, 0.2) is 63.5 Å². The van der Waals surface area contributed by atoms with Crippen LogP contribution < -0.4 is 5.32 Å². The van der Waals surface area contributed by atoms with Crippen molar-refractivity contribution < 1.29 is 4.42 Å². The first kappa shape index (κ1) is 14.4. The highest BCUT2D eigenvalue weighted by Crippen LogP contribution is 2.26. The van der Waals surface area contributed by atoms with Crippen molar-refractivity contribution in [2.75, 3.05) is 6.54 Å². The van der Waals surface area contributed by atoms with Crippen LogP contribution in [0, 0.1) is 0 Å². The number of hydrogen-bond donors (Lipinski definition) is 1. The smallest absolute Gasteiger partial charge is 0.134 e. The van der Waals surface area contributed by atoms with E-state index >= 15 is 0 Å². The third kappa shape index (κ3) is 3.36. The van der Waals surface area contributed by atoms with Crippen molar-refractivity contribution in [2.45, 2.75) is 19.4 Å². The molecule has 0 saturated carbocycles. The highest BCUT2D eigenvalue weighted by atomic mass is 79.9. The van der Waals surface area contributed by atoms with E-state index < -0.39 is 0 Å². The van der Waals surface area contributed by atoms with Crippen LogP contribution in [0.4, 0.5) is 0 Å². The van der Waals surface area contributed by atoms with Crippen LogP contribution in [0.3, 0.4) is 0 Å². The molecular formula is C18H18BrNO. The molecular weight excluding hydrogens is 326 g/mol. The quantitative estimate of drug-likeness (QED) is 0.698. The van der Waals surface area contributed by atoms with Gasteiger partial charge < -0.3 is 9.73 Å². The molecule has 0 spiro atoms. The Hall–Kier alpha value is -1.58. The average Bonchev–Trinajstić information content (AvgIpc) is 2.93. The monoisotopic (exact) mass is 343 g/mol. The molecule has 0 aliphatic carbocycles. The van der Waals surface area contributed by atoms with Gasteiger partial charge in [0.15, 0.2) is 0 Å². The van der Waals surface area contributed by atoms with Gasteiger partial charge in [-0.1, -0.05) is 53.2 Å². The molecule has 0 bridgehead atoms. The SMILES string of the molecule is CCNC(Cc1ccc(Br)cc1)c1cc2ccccc2o1. The van der Waals surface area contributed by atoms with E-state index in [9.17, 15) is 0 Å². The van der Waals surface area contributed by atoms with Crippen molar-refractivity contribution in [3.63, 3.8) is 0 Å². The van der Waals surface area contributed by atoms with Crippen LogP contribution >= 0.6 is 15.9 Å². The number of para-hydroxylation sites is 1. The molecule has 0 fully saturated rings. The molecule has 0 saturated heterocycles. The minimum Gasteiger partial charge on any atom is -0.459 e. The van der Waals surface area contributed by atoms with Crippen LogP contribution in [0.5, 0.6) is 0 Å². The van der Waals surface area contributed by atoms with Gasteiger partial charge in [0.25, 0.3) is 0 Å². The average molecular weight is 344 g/mol. The summed E-state index contributed by atoms with van der Waals surface area (Å²) in [6, 6.07) is 18.9. The lowest BCUT2D eigenvalue weighted by Gasteiger charge is -2.15. The Morgan fingerprint density at radius 1 is 1.10 bits per heavy atom. The Morgan fingerprint density at radius 2 is 1.86 bits per heavy atom. The largest absolute Gasteiger partial charge is 0.459 e. The molecule has 3 rings (SSSR count). The van der Waals surface area contributed by atoms with E-state index in [2.05, 4.69) is 64.6 Å². The maximum atomic E-state index is 6.01. The zero-order valence-electron chi connectivity index (χ0n) is 12.0. The van der Waals surface area contributed by atoms with E-state index in [0.717, 1.165) is 34.2 Å². The molecule has 1 N–H and O–H groups in total. The Bertz CT molecular complexity index is 684. The van der Waals surface area contributed by atoms with Gasteiger partial charge in [-0.25, -0.2) is 0 Å². The zero-order valence-corrected chi connectivity index (χ0v) is 13.6. The summed E-state index contributed by atoms with van der Waals surface area (Å²) < 4.78 is 7.11. The summed E-state index contributed by atoms with van der Waals surface area (Å²) in [6.07, 6.45) is 0.918. The standard InChI is InChI=1S/C18H18BrNO/c1-2-20-16(11-13-7-9-15(19)10-8-13)18-12-14-5-3-4-6-17(14)21-18/h3-10,12,16,20H,2,11H2,1H3. The fourth-order valence-electron chi connectivity index (χ4n) is 2.55. The fourth-order valence-corrected chi connectivity index (χ4v) is 2.81. The molecule has 0 aliphatic heterocycles. The van der Waals surface area contributed by atoms with Crippen LogP contribution in [-0.4, -0.2) is 6.54 Å². The number of furan rings is 1. The van der Waals surface area contributed by atoms with Crippen molar-refractivity contribution in [2.24, 2.45) is 0 Å². The molecule has 0 amide bonds. The molecule has 0 radical (unpaired) electrons.